The summed E-state index contributed by atoms with van der Waals surface area (Å²) < 4.78 is 0. The van der Waals surface area contributed by atoms with Gasteiger partial charge in [-0.15, -0.1) is 11.8 Å². The number of amides is 1. The second-order valence-electron chi connectivity index (χ2n) is 6.11. The van der Waals surface area contributed by atoms with Gasteiger partial charge in [-0.1, -0.05) is 25.1 Å². The van der Waals surface area contributed by atoms with Gasteiger partial charge in [0.1, 0.15) is 5.82 Å². The van der Waals surface area contributed by atoms with Crippen molar-refractivity contribution in [3.8, 4) is 0 Å². The summed E-state index contributed by atoms with van der Waals surface area (Å²) in [5, 5.41) is 6.56. The molecule has 5 nitrogen and oxygen atoms in total. The van der Waals surface area contributed by atoms with Gasteiger partial charge < -0.3 is 16.4 Å². The third kappa shape index (κ3) is 4.33. The Morgan fingerprint density at radius 2 is 2.16 bits per heavy atom. The van der Waals surface area contributed by atoms with Crippen molar-refractivity contribution in [1.29, 1.82) is 0 Å². The minimum absolute atomic E-state index is 0.0402. The van der Waals surface area contributed by atoms with Crippen molar-refractivity contribution >= 4 is 34.9 Å². The lowest BCUT2D eigenvalue weighted by molar-refractivity contribution is -0.118. The topological polar surface area (TPSA) is 80.0 Å². The standard InChI is InChI=1S/C19H22N4OS/c1-12-9-16(13(2)25-12)19(24)23-15-6-3-5-14(10-15)11-22-17-7-4-8-21-18(17)20/h3-10,13,16,22H,11H2,1-2H3,(H2,20,21)(H,23,24). The molecule has 0 saturated carbocycles. The van der Waals surface area contributed by atoms with Crippen molar-refractivity contribution in [3.63, 3.8) is 0 Å². The lowest BCUT2D eigenvalue weighted by atomic mass is 10.0. The molecule has 3 rings (SSSR count). The molecule has 0 radical (unpaired) electrons. The smallest absolute Gasteiger partial charge is 0.232 e. The summed E-state index contributed by atoms with van der Waals surface area (Å²) in [6.45, 7) is 4.74. The summed E-state index contributed by atoms with van der Waals surface area (Å²) in [6.07, 6.45) is 3.70. The van der Waals surface area contributed by atoms with E-state index >= 15 is 0 Å². The van der Waals surface area contributed by atoms with Crippen LogP contribution >= 0.6 is 11.8 Å². The number of thioether (sulfide) groups is 1. The third-order valence-electron chi connectivity index (χ3n) is 4.11. The zero-order chi connectivity index (χ0) is 17.8. The van der Waals surface area contributed by atoms with Crippen LogP contribution in [-0.4, -0.2) is 16.1 Å². The monoisotopic (exact) mass is 354 g/mol. The number of aromatic nitrogens is 1. The number of nitrogens with zero attached hydrogens (tertiary/aromatic N) is 1. The predicted octanol–water partition coefficient (Wildman–Crippen LogP) is 3.87. The summed E-state index contributed by atoms with van der Waals surface area (Å²) in [5.74, 6) is 0.433. The molecule has 1 aromatic heterocycles. The molecule has 1 aliphatic heterocycles. The molecule has 2 heterocycles. The van der Waals surface area contributed by atoms with Gasteiger partial charge in [0.2, 0.25) is 5.91 Å². The van der Waals surface area contributed by atoms with Gasteiger partial charge in [0.25, 0.3) is 0 Å². The number of benzene rings is 1. The van der Waals surface area contributed by atoms with Crippen molar-refractivity contribution in [3.05, 3.63) is 59.1 Å². The second-order valence-corrected chi connectivity index (χ2v) is 7.73. The summed E-state index contributed by atoms with van der Waals surface area (Å²) >= 11 is 1.75. The van der Waals surface area contributed by atoms with Crippen LogP contribution in [0.25, 0.3) is 0 Å². The Kier molecular flexibility index (Phi) is 5.28. The Morgan fingerprint density at radius 1 is 1.32 bits per heavy atom. The summed E-state index contributed by atoms with van der Waals surface area (Å²) in [6, 6.07) is 11.6. The minimum atomic E-state index is -0.0815. The number of hydrogen-bond donors (Lipinski definition) is 3. The molecular weight excluding hydrogens is 332 g/mol. The molecule has 4 N–H and O–H groups in total. The van der Waals surface area contributed by atoms with Crippen LogP contribution in [0, 0.1) is 5.92 Å². The molecule has 0 saturated heterocycles. The zero-order valence-corrected chi connectivity index (χ0v) is 15.1. The number of anilines is 3. The zero-order valence-electron chi connectivity index (χ0n) is 14.3. The first-order chi connectivity index (χ1) is 12.0. The number of pyridine rings is 1. The van der Waals surface area contributed by atoms with Crippen LogP contribution in [-0.2, 0) is 11.3 Å². The molecule has 1 aromatic carbocycles. The number of carbonyl (C=O) groups excluding carboxylic acids is 1. The van der Waals surface area contributed by atoms with Gasteiger partial charge in [-0.3, -0.25) is 4.79 Å². The van der Waals surface area contributed by atoms with Gasteiger partial charge in [0, 0.05) is 23.7 Å². The summed E-state index contributed by atoms with van der Waals surface area (Å²) in [5.41, 5.74) is 8.50. The van der Waals surface area contributed by atoms with E-state index in [0.29, 0.717) is 12.4 Å². The highest BCUT2D eigenvalue weighted by Crippen LogP contribution is 2.36. The van der Waals surface area contributed by atoms with Gasteiger partial charge >= 0.3 is 0 Å². The fourth-order valence-electron chi connectivity index (χ4n) is 2.83. The van der Waals surface area contributed by atoms with Gasteiger partial charge in [0.15, 0.2) is 0 Å². The molecule has 130 valence electrons. The maximum absolute atomic E-state index is 12.5. The summed E-state index contributed by atoms with van der Waals surface area (Å²) in [4.78, 5) is 17.8. The van der Waals surface area contributed by atoms with Crippen LogP contribution < -0.4 is 16.4 Å². The van der Waals surface area contributed by atoms with E-state index in [0.717, 1.165) is 16.9 Å². The molecule has 25 heavy (non-hydrogen) atoms. The normalized spacial score (nSPS) is 19.4. The molecule has 0 spiro atoms. The Labute approximate surface area is 152 Å². The maximum Gasteiger partial charge on any atom is 0.232 e. The number of nitrogens with one attached hydrogen (secondary N) is 2. The molecule has 0 fully saturated rings. The average Bonchev–Trinajstić information content (AvgIpc) is 2.93. The molecular formula is C19H22N4OS. The molecule has 1 amide bonds. The van der Waals surface area contributed by atoms with Crippen LogP contribution in [0.15, 0.2) is 53.6 Å². The molecule has 1 aliphatic rings. The summed E-state index contributed by atoms with van der Waals surface area (Å²) in [7, 11) is 0. The van der Waals surface area contributed by atoms with E-state index in [-0.39, 0.29) is 17.1 Å². The van der Waals surface area contributed by atoms with E-state index in [1.165, 1.54) is 4.91 Å². The van der Waals surface area contributed by atoms with E-state index in [1.54, 1.807) is 18.0 Å². The number of rotatable bonds is 5. The molecule has 0 aliphatic carbocycles. The Morgan fingerprint density at radius 3 is 2.88 bits per heavy atom. The van der Waals surface area contributed by atoms with Crippen LogP contribution in [0.3, 0.4) is 0 Å². The first kappa shape index (κ1) is 17.4. The van der Waals surface area contributed by atoms with Gasteiger partial charge in [-0.2, -0.15) is 0 Å². The number of nitrogen functional groups attached to an aromatic ring is 1. The number of carbonyl (C=O) groups is 1. The van der Waals surface area contributed by atoms with Crippen molar-refractivity contribution < 1.29 is 4.79 Å². The number of nitrogens with two attached hydrogens (primary N) is 1. The van der Waals surface area contributed by atoms with Gasteiger partial charge in [-0.25, -0.2) is 4.98 Å². The van der Waals surface area contributed by atoms with E-state index in [9.17, 15) is 4.79 Å². The van der Waals surface area contributed by atoms with Crippen molar-refractivity contribution in [2.45, 2.75) is 25.6 Å². The van der Waals surface area contributed by atoms with Crippen molar-refractivity contribution in [1.82, 2.24) is 4.98 Å². The van der Waals surface area contributed by atoms with Crippen LogP contribution in [0.5, 0.6) is 0 Å². The molecule has 6 heteroatoms. The molecule has 0 bridgehead atoms. The lowest BCUT2D eigenvalue weighted by Gasteiger charge is -2.15. The van der Waals surface area contributed by atoms with Gasteiger partial charge in [-0.05, 0) is 41.7 Å². The average molecular weight is 354 g/mol. The molecule has 2 aromatic rings. The van der Waals surface area contributed by atoms with Gasteiger partial charge in [0.05, 0.1) is 11.6 Å². The Hall–Kier alpha value is -2.47. The largest absolute Gasteiger partial charge is 0.382 e. The quantitative estimate of drug-likeness (QED) is 0.759. The highest BCUT2D eigenvalue weighted by atomic mass is 32.2. The van der Waals surface area contributed by atoms with Crippen LogP contribution in [0.1, 0.15) is 19.4 Å². The SMILES string of the molecule is CC1=CC(C(=O)Nc2cccc(CNc3cccnc3N)c2)C(C)S1. The number of hydrogen-bond acceptors (Lipinski definition) is 5. The first-order valence-corrected chi connectivity index (χ1v) is 9.10. The van der Waals surface area contributed by atoms with E-state index < -0.39 is 0 Å². The first-order valence-electron chi connectivity index (χ1n) is 8.22. The fourth-order valence-corrected chi connectivity index (χ4v) is 3.99. The van der Waals surface area contributed by atoms with Crippen LogP contribution in [0.2, 0.25) is 0 Å². The minimum Gasteiger partial charge on any atom is -0.382 e. The van der Waals surface area contributed by atoms with Crippen LogP contribution in [0.4, 0.5) is 17.2 Å². The fraction of sp³-hybridized carbons (Fsp3) is 0.263. The molecule has 2 atom stereocenters. The Balaban J connectivity index is 1.63. The van der Waals surface area contributed by atoms with E-state index in [2.05, 4.69) is 22.5 Å². The van der Waals surface area contributed by atoms with Crippen molar-refractivity contribution in [2.75, 3.05) is 16.4 Å². The maximum atomic E-state index is 12.5. The van der Waals surface area contributed by atoms with E-state index in [4.69, 9.17) is 5.73 Å². The molecule has 2 unspecified atom stereocenters. The highest BCUT2D eigenvalue weighted by Gasteiger charge is 2.28. The lowest BCUT2D eigenvalue weighted by Crippen LogP contribution is -2.26. The van der Waals surface area contributed by atoms with E-state index in [1.807, 2.05) is 49.4 Å². The highest BCUT2D eigenvalue weighted by molar-refractivity contribution is 8.03. The van der Waals surface area contributed by atoms with Crippen molar-refractivity contribution in [2.24, 2.45) is 5.92 Å². The number of allylic oxidation sites excluding steroid dienone is 1. The Bertz CT molecular complexity index is 806. The third-order valence-corrected chi connectivity index (χ3v) is 5.28. The predicted molar refractivity (Wildman–Crippen MR) is 105 cm³/mol. The second kappa shape index (κ2) is 7.61.